The number of hydrogen-bond acceptors (Lipinski definition) is 5. The minimum atomic E-state index is -4.79. The fourth-order valence-corrected chi connectivity index (χ4v) is 4.30. The summed E-state index contributed by atoms with van der Waals surface area (Å²) in [4.78, 5) is 7.99. The first kappa shape index (κ1) is 23.0. The number of fused-ring (bicyclic) bond motifs is 3. The summed E-state index contributed by atoms with van der Waals surface area (Å²) in [5.74, 6) is 0.557. The molecule has 1 aliphatic rings. The van der Waals surface area contributed by atoms with Crippen LogP contribution < -0.4 is 9.47 Å². The summed E-state index contributed by atoms with van der Waals surface area (Å²) in [5, 5.41) is 19.2. The van der Waals surface area contributed by atoms with Crippen molar-refractivity contribution in [2.24, 2.45) is 0 Å². The number of halogens is 3. The number of ether oxygens (including phenoxy) is 2. The lowest BCUT2D eigenvalue weighted by Crippen LogP contribution is -2.29. The number of aromatic amines is 1. The molecule has 0 bridgehead atoms. The Morgan fingerprint density at radius 1 is 0.944 bits per heavy atom. The zero-order valence-corrected chi connectivity index (χ0v) is 19.1. The number of nitriles is 2. The maximum absolute atomic E-state index is 12.7. The summed E-state index contributed by atoms with van der Waals surface area (Å²) in [6.45, 7) is 3.70. The molecule has 1 N–H and O–H groups in total. The molecule has 0 saturated heterocycles. The quantitative estimate of drug-likeness (QED) is 0.349. The number of alkyl halides is 3. The van der Waals surface area contributed by atoms with Crippen LogP contribution >= 0.6 is 0 Å². The van der Waals surface area contributed by atoms with Crippen molar-refractivity contribution in [3.8, 4) is 57.4 Å². The fraction of sp³-hybridized carbons (Fsp3) is 0.148. The number of aromatic nitrogens is 2. The van der Waals surface area contributed by atoms with Crippen molar-refractivity contribution in [3.63, 3.8) is 0 Å². The van der Waals surface area contributed by atoms with Crippen molar-refractivity contribution in [3.05, 3.63) is 77.5 Å². The molecule has 36 heavy (non-hydrogen) atoms. The van der Waals surface area contributed by atoms with Gasteiger partial charge in [0.05, 0.1) is 40.2 Å². The Bertz CT molecular complexity index is 1560. The van der Waals surface area contributed by atoms with Gasteiger partial charge in [-0.1, -0.05) is 24.3 Å². The van der Waals surface area contributed by atoms with E-state index in [2.05, 4.69) is 21.9 Å². The fourth-order valence-electron chi connectivity index (χ4n) is 4.30. The van der Waals surface area contributed by atoms with E-state index in [4.69, 9.17) is 9.72 Å². The Balaban J connectivity index is 1.61. The average molecular weight is 486 g/mol. The van der Waals surface area contributed by atoms with Crippen molar-refractivity contribution in [1.29, 1.82) is 10.5 Å². The molecule has 4 aromatic rings. The number of rotatable bonds is 3. The first-order chi connectivity index (χ1) is 17.1. The first-order valence-electron chi connectivity index (χ1n) is 10.8. The molecule has 1 aliphatic heterocycles. The SMILES string of the molecule is CC1(C)Oc2cc(-c3cccc(OC(F)(F)F)c3)ccc2-c2nc(-c3c(C#N)cccc3C#N)[nH]c21. The molecule has 0 radical (unpaired) electrons. The van der Waals surface area contributed by atoms with Gasteiger partial charge in [-0.15, -0.1) is 13.2 Å². The van der Waals surface area contributed by atoms with Crippen LogP contribution in [0, 0.1) is 22.7 Å². The minimum Gasteiger partial charge on any atom is -0.481 e. The van der Waals surface area contributed by atoms with E-state index in [0.29, 0.717) is 56.3 Å². The van der Waals surface area contributed by atoms with Gasteiger partial charge in [0.2, 0.25) is 0 Å². The molecular formula is C27H17F3N4O2. The molecule has 0 fully saturated rings. The van der Waals surface area contributed by atoms with Gasteiger partial charge in [-0.25, -0.2) is 4.98 Å². The predicted molar refractivity (Wildman–Crippen MR) is 125 cm³/mol. The van der Waals surface area contributed by atoms with Crippen LogP contribution in [0.25, 0.3) is 33.8 Å². The molecule has 0 saturated carbocycles. The molecule has 178 valence electrons. The van der Waals surface area contributed by atoms with E-state index in [9.17, 15) is 23.7 Å². The van der Waals surface area contributed by atoms with Crippen molar-refractivity contribution in [2.45, 2.75) is 25.8 Å². The highest BCUT2D eigenvalue weighted by Gasteiger charge is 2.37. The molecule has 0 unspecified atom stereocenters. The molecule has 0 atom stereocenters. The maximum Gasteiger partial charge on any atom is 0.573 e. The lowest BCUT2D eigenvalue weighted by molar-refractivity contribution is -0.274. The number of hydrogen-bond donors (Lipinski definition) is 1. The van der Waals surface area contributed by atoms with E-state index < -0.39 is 12.0 Å². The molecule has 9 heteroatoms. The van der Waals surface area contributed by atoms with Gasteiger partial charge >= 0.3 is 6.36 Å². The molecule has 2 heterocycles. The van der Waals surface area contributed by atoms with E-state index in [1.807, 2.05) is 13.8 Å². The molecule has 3 aromatic carbocycles. The van der Waals surface area contributed by atoms with Gasteiger partial charge in [0.25, 0.3) is 0 Å². The topological polar surface area (TPSA) is 94.7 Å². The van der Waals surface area contributed by atoms with Crippen LogP contribution in [0.2, 0.25) is 0 Å². The highest BCUT2D eigenvalue weighted by molar-refractivity contribution is 5.81. The predicted octanol–water partition coefficient (Wildman–Crippen LogP) is 6.68. The second-order valence-electron chi connectivity index (χ2n) is 8.66. The van der Waals surface area contributed by atoms with Crippen LogP contribution in [0.3, 0.4) is 0 Å². The Kier molecular flexibility index (Phi) is 5.22. The Labute approximate surface area is 204 Å². The standard InChI is InChI=1S/C27H17F3N4O2/c1-26(2)24-23(33-25(34-24)22-17(13-31)6-3-7-18(22)14-32)20-10-9-16(12-21(20)36-26)15-5-4-8-19(11-15)35-27(28,29)30/h3-12H,1-2H3,(H,33,34). The van der Waals surface area contributed by atoms with Gasteiger partial charge in [0.1, 0.15) is 22.9 Å². The van der Waals surface area contributed by atoms with Crippen molar-refractivity contribution < 1.29 is 22.6 Å². The normalized spacial score (nSPS) is 13.5. The second kappa shape index (κ2) is 8.17. The Hall–Kier alpha value is -4.76. The summed E-state index contributed by atoms with van der Waals surface area (Å²) in [5.41, 5.74) is 3.31. The highest BCUT2D eigenvalue weighted by atomic mass is 19.4. The van der Waals surface area contributed by atoms with Gasteiger partial charge < -0.3 is 14.5 Å². The summed E-state index contributed by atoms with van der Waals surface area (Å²) in [6, 6.07) is 20.1. The lowest BCUT2D eigenvalue weighted by Gasteiger charge is -2.32. The van der Waals surface area contributed by atoms with Crippen LogP contribution in [0.4, 0.5) is 13.2 Å². The van der Waals surface area contributed by atoms with Crippen molar-refractivity contribution in [2.75, 3.05) is 0 Å². The van der Waals surface area contributed by atoms with Crippen LogP contribution in [0.5, 0.6) is 11.5 Å². The lowest BCUT2D eigenvalue weighted by atomic mass is 9.93. The average Bonchev–Trinajstić information content (AvgIpc) is 3.28. The van der Waals surface area contributed by atoms with Crippen molar-refractivity contribution in [1.82, 2.24) is 9.97 Å². The minimum absolute atomic E-state index is 0.315. The van der Waals surface area contributed by atoms with E-state index in [0.717, 1.165) is 0 Å². The van der Waals surface area contributed by atoms with Crippen LogP contribution in [-0.2, 0) is 5.60 Å². The monoisotopic (exact) mass is 486 g/mol. The summed E-state index contributed by atoms with van der Waals surface area (Å²) < 4.78 is 48.3. The van der Waals surface area contributed by atoms with Crippen molar-refractivity contribution >= 4 is 0 Å². The first-order valence-corrected chi connectivity index (χ1v) is 10.8. The largest absolute Gasteiger partial charge is 0.573 e. The maximum atomic E-state index is 12.7. The third kappa shape index (κ3) is 4.01. The molecule has 0 amide bonds. The molecular weight excluding hydrogens is 469 g/mol. The zero-order chi connectivity index (χ0) is 25.7. The smallest absolute Gasteiger partial charge is 0.481 e. The number of nitrogens with zero attached hydrogens (tertiary/aromatic N) is 3. The third-order valence-electron chi connectivity index (χ3n) is 5.85. The van der Waals surface area contributed by atoms with Gasteiger partial charge in [0.15, 0.2) is 0 Å². The Morgan fingerprint density at radius 2 is 1.61 bits per heavy atom. The van der Waals surface area contributed by atoms with Gasteiger partial charge in [-0.3, -0.25) is 0 Å². The molecule has 5 rings (SSSR count). The van der Waals surface area contributed by atoms with Crippen LogP contribution in [-0.4, -0.2) is 16.3 Å². The summed E-state index contributed by atoms with van der Waals surface area (Å²) in [6.07, 6.45) is -4.79. The zero-order valence-electron chi connectivity index (χ0n) is 19.1. The molecule has 0 spiro atoms. The highest BCUT2D eigenvalue weighted by Crippen LogP contribution is 2.46. The second-order valence-corrected chi connectivity index (χ2v) is 8.66. The summed E-state index contributed by atoms with van der Waals surface area (Å²) in [7, 11) is 0. The number of benzene rings is 3. The molecule has 6 nitrogen and oxygen atoms in total. The molecule has 0 aliphatic carbocycles. The summed E-state index contributed by atoms with van der Waals surface area (Å²) >= 11 is 0. The van der Waals surface area contributed by atoms with E-state index in [-0.39, 0.29) is 5.75 Å². The number of nitrogens with one attached hydrogen (secondary N) is 1. The number of imidazole rings is 1. The molecule has 1 aromatic heterocycles. The van der Waals surface area contributed by atoms with Gasteiger partial charge in [0, 0.05) is 5.56 Å². The van der Waals surface area contributed by atoms with Gasteiger partial charge in [-0.05, 0) is 61.4 Å². The van der Waals surface area contributed by atoms with Crippen LogP contribution in [0.15, 0.2) is 60.7 Å². The van der Waals surface area contributed by atoms with Crippen LogP contribution in [0.1, 0.15) is 30.7 Å². The Morgan fingerprint density at radius 3 is 2.28 bits per heavy atom. The van der Waals surface area contributed by atoms with Gasteiger partial charge in [-0.2, -0.15) is 10.5 Å². The van der Waals surface area contributed by atoms with E-state index in [1.54, 1.807) is 42.5 Å². The third-order valence-corrected chi connectivity index (χ3v) is 5.85. The van der Waals surface area contributed by atoms with E-state index >= 15 is 0 Å². The number of H-pyrrole nitrogens is 1. The van der Waals surface area contributed by atoms with E-state index in [1.165, 1.54) is 18.2 Å².